The molecule has 0 amide bonds. The summed E-state index contributed by atoms with van der Waals surface area (Å²) in [5.74, 6) is 2.21. The topological polar surface area (TPSA) is 109 Å². The molecule has 3 N–H and O–H groups in total. The van der Waals surface area contributed by atoms with E-state index in [-0.39, 0.29) is 12.0 Å². The van der Waals surface area contributed by atoms with Gasteiger partial charge in [0, 0.05) is 44.5 Å². The fourth-order valence-corrected chi connectivity index (χ4v) is 3.50. The largest absolute Gasteiger partial charge is 0.368 e. The highest BCUT2D eigenvalue weighted by atomic mass is 16.5. The number of nitrogens with one attached hydrogen (secondary N) is 1. The number of nitrogens with zero attached hydrogens (tertiary/aromatic N) is 6. The first kappa shape index (κ1) is 19.3. The Morgan fingerprint density at radius 2 is 1.86 bits per heavy atom. The molecular weight excluding hydrogens is 368 g/mol. The van der Waals surface area contributed by atoms with Gasteiger partial charge >= 0.3 is 0 Å². The number of aryl methyl sites for hydroxylation is 1. The summed E-state index contributed by atoms with van der Waals surface area (Å²) in [4.78, 5) is 17.9. The third-order valence-corrected chi connectivity index (χ3v) is 5.09. The van der Waals surface area contributed by atoms with Crippen molar-refractivity contribution in [1.82, 2.24) is 29.9 Å². The summed E-state index contributed by atoms with van der Waals surface area (Å²) in [5, 5.41) is 7.28. The van der Waals surface area contributed by atoms with Gasteiger partial charge in [0.05, 0.1) is 11.7 Å². The number of nitrogen functional groups attached to an aromatic ring is 1. The average molecular weight is 394 g/mol. The van der Waals surface area contributed by atoms with Crippen LogP contribution in [0, 0.1) is 6.92 Å². The first-order valence-electron chi connectivity index (χ1n) is 9.79. The van der Waals surface area contributed by atoms with Crippen molar-refractivity contribution in [3.63, 3.8) is 0 Å². The minimum absolute atomic E-state index is 0.0491. The van der Waals surface area contributed by atoms with Crippen LogP contribution in [0.25, 0.3) is 0 Å². The number of anilines is 3. The highest BCUT2D eigenvalue weighted by Crippen LogP contribution is 2.22. The lowest BCUT2D eigenvalue weighted by atomic mass is 10.2. The summed E-state index contributed by atoms with van der Waals surface area (Å²) < 4.78 is 5.16. The van der Waals surface area contributed by atoms with Crippen molar-refractivity contribution >= 4 is 17.6 Å². The van der Waals surface area contributed by atoms with Crippen LogP contribution in [-0.4, -0.2) is 56.1 Å². The van der Waals surface area contributed by atoms with E-state index in [2.05, 4.69) is 42.1 Å². The van der Waals surface area contributed by atoms with Crippen LogP contribution in [0.3, 0.4) is 0 Å². The van der Waals surface area contributed by atoms with Crippen molar-refractivity contribution in [3.8, 4) is 0 Å². The third-order valence-electron chi connectivity index (χ3n) is 5.09. The van der Waals surface area contributed by atoms with Crippen LogP contribution < -0.4 is 11.1 Å². The summed E-state index contributed by atoms with van der Waals surface area (Å²) >= 11 is 0. The van der Waals surface area contributed by atoms with Gasteiger partial charge < -0.3 is 15.6 Å². The van der Waals surface area contributed by atoms with E-state index in [4.69, 9.17) is 10.3 Å². The van der Waals surface area contributed by atoms with Crippen molar-refractivity contribution in [2.75, 3.05) is 37.2 Å². The van der Waals surface area contributed by atoms with Gasteiger partial charge in [0.2, 0.25) is 11.9 Å². The van der Waals surface area contributed by atoms with Gasteiger partial charge in [0.1, 0.15) is 5.76 Å². The Bertz CT molecular complexity index is 937. The molecule has 152 valence electrons. The van der Waals surface area contributed by atoms with Gasteiger partial charge in [-0.2, -0.15) is 15.0 Å². The number of aromatic nitrogens is 4. The highest BCUT2D eigenvalue weighted by molar-refractivity contribution is 5.53. The van der Waals surface area contributed by atoms with Gasteiger partial charge in [-0.1, -0.05) is 23.4 Å². The van der Waals surface area contributed by atoms with E-state index in [1.54, 1.807) is 0 Å². The molecule has 0 saturated carbocycles. The summed E-state index contributed by atoms with van der Waals surface area (Å²) in [5.41, 5.74) is 7.83. The molecule has 29 heavy (non-hydrogen) atoms. The number of hydrogen-bond donors (Lipinski definition) is 2. The second-order valence-electron chi connectivity index (χ2n) is 7.28. The van der Waals surface area contributed by atoms with Crippen molar-refractivity contribution in [2.45, 2.75) is 26.4 Å². The van der Waals surface area contributed by atoms with Crippen LogP contribution >= 0.6 is 0 Å². The monoisotopic (exact) mass is 394 g/mol. The Morgan fingerprint density at radius 3 is 2.55 bits per heavy atom. The van der Waals surface area contributed by atoms with Crippen LogP contribution in [0.2, 0.25) is 0 Å². The number of para-hydroxylation sites is 1. The third kappa shape index (κ3) is 4.87. The summed E-state index contributed by atoms with van der Waals surface area (Å²) in [6.45, 7) is 8.58. The number of piperazine rings is 1. The summed E-state index contributed by atoms with van der Waals surface area (Å²) in [7, 11) is 0. The molecule has 9 heteroatoms. The maximum Gasteiger partial charge on any atom is 0.232 e. The molecule has 1 atom stereocenters. The highest BCUT2D eigenvalue weighted by Gasteiger charge is 2.25. The number of nitrogens with two attached hydrogens (primary N) is 1. The van der Waals surface area contributed by atoms with E-state index in [1.807, 2.05) is 43.3 Å². The van der Waals surface area contributed by atoms with Crippen molar-refractivity contribution in [2.24, 2.45) is 0 Å². The van der Waals surface area contributed by atoms with Crippen molar-refractivity contribution in [3.05, 3.63) is 53.7 Å². The predicted molar refractivity (Wildman–Crippen MR) is 110 cm³/mol. The van der Waals surface area contributed by atoms with Crippen LogP contribution in [0.15, 0.2) is 40.9 Å². The van der Waals surface area contributed by atoms with Gasteiger partial charge in [-0.15, -0.1) is 0 Å². The molecule has 3 aromatic rings. The zero-order chi connectivity index (χ0) is 20.2. The first-order valence-corrected chi connectivity index (χ1v) is 9.79. The smallest absolute Gasteiger partial charge is 0.232 e. The van der Waals surface area contributed by atoms with Crippen molar-refractivity contribution < 1.29 is 4.52 Å². The first-order chi connectivity index (χ1) is 14.1. The normalized spacial score (nSPS) is 16.6. The van der Waals surface area contributed by atoms with Gasteiger partial charge in [-0.3, -0.25) is 9.80 Å². The lowest BCUT2D eigenvalue weighted by Gasteiger charge is -2.37. The standard InChI is InChI=1S/C20H26N8O/c1-14-12-17(26-29-14)13-27-8-10-28(11-9-27)15(2)18-23-19(21)25-20(24-18)22-16-6-4-3-5-7-16/h3-7,12,15H,8-11,13H2,1-2H3,(H3,21,22,23,24,25)/t15-/m0/s1. The van der Waals surface area contributed by atoms with Gasteiger partial charge in [0.25, 0.3) is 0 Å². The number of rotatable bonds is 6. The SMILES string of the molecule is Cc1cc(CN2CCN([C@@H](C)c3nc(N)nc(Nc4ccccc4)n3)CC2)no1. The Hall–Kier alpha value is -3.04. The number of benzene rings is 1. The Kier molecular flexibility index (Phi) is 5.68. The second kappa shape index (κ2) is 8.54. The zero-order valence-electron chi connectivity index (χ0n) is 16.7. The van der Waals surface area contributed by atoms with Gasteiger partial charge in [-0.25, -0.2) is 0 Å². The maximum absolute atomic E-state index is 5.95. The van der Waals surface area contributed by atoms with E-state index in [9.17, 15) is 0 Å². The van der Waals surface area contributed by atoms with E-state index in [0.717, 1.165) is 49.9 Å². The average Bonchev–Trinajstić information content (AvgIpc) is 3.13. The molecule has 3 heterocycles. The van der Waals surface area contributed by atoms with Crippen LogP contribution in [0.4, 0.5) is 17.6 Å². The molecule has 0 aliphatic carbocycles. The minimum Gasteiger partial charge on any atom is -0.368 e. The molecule has 1 fully saturated rings. The molecule has 9 nitrogen and oxygen atoms in total. The lowest BCUT2D eigenvalue weighted by molar-refractivity contribution is 0.0933. The van der Waals surface area contributed by atoms with Crippen LogP contribution in [0.1, 0.15) is 30.2 Å². The van der Waals surface area contributed by atoms with Gasteiger partial charge in [0.15, 0.2) is 5.82 Å². The molecule has 0 bridgehead atoms. The molecule has 1 saturated heterocycles. The molecular formula is C20H26N8O. The fraction of sp³-hybridized carbons (Fsp3) is 0.400. The Balaban J connectivity index is 1.38. The second-order valence-corrected chi connectivity index (χ2v) is 7.28. The Morgan fingerprint density at radius 1 is 1.10 bits per heavy atom. The zero-order valence-corrected chi connectivity index (χ0v) is 16.7. The Labute approximate surface area is 169 Å². The fourth-order valence-electron chi connectivity index (χ4n) is 3.50. The molecule has 0 unspecified atom stereocenters. The predicted octanol–water partition coefficient (Wildman–Crippen LogP) is 2.37. The summed E-state index contributed by atoms with van der Waals surface area (Å²) in [6, 6.07) is 11.8. The molecule has 0 spiro atoms. The van der Waals surface area contributed by atoms with Crippen LogP contribution in [-0.2, 0) is 6.54 Å². The molecule has 1 aliphatic rings. The van der Waals surface area contributed by atoms with Crippen LogP contribution in [0.5, 0.6) is 0 Å². The minimum atomic E-state index is 0.0491. The molecule has 4 rings (SSSR count). The van der Waals surface area contributed by atoms with Gasteiger partial charge in [-0.05, 0) is 26.0 Å². The van der Waals surface area contributed by atoms with E-state index in [1.165, 1.54) is 0 Å². The van der Waals surface area contributed by atoms with E-state index >= 15 is 0 Å². The number of hydrogen-bond acceptors (Lipinski definition) is 9. The van der Waals surface area contributed by atoms with Crippen molar-refractivity contribution in [1.29, 1.82) is 0 Å². The quantitative estimate of drug-likeness (QED) is 0.651. The molecule has 0 radical (unpaired) electrons. The maximum atomic E-state index is 5.95. The molecule has 1 aromatic carbocycles. The van der Waals surface area contributed by atoms with E-state index < -0.39 is 0 Å². The molecule has 2 aromatic heterocycles. The lowest BCUT2D eigenvalue weighted by Crippen LogP contribution is -2.47. The van der Waals surface area contributed by atoms with E-state index in [0.29, 0.717) is 11.8 Å². The molecule has 1 aliphatic heterocycles. The summed E-state index contributed by atoms with van der Waals surface area (Å²) in [6.07, 6.45) is 0.